The SMILES string of the molecule is CC(C)(C)OC(=O)N1CCC(Nc2cc(-c3cccc4c3cnn4COCC[Si](C)(C)C)c(C#N)cn2)CC1. The first-order valence-corrected chi connectivity index (χ1v) is 17.3. The monoisotopic (exact) mass is 548 g/mol. The molecule has 9 nitrogen and oxygen atoms in total. The number of hydrogen-bond acceptors (Lipinski definition) is 7. The molecule has 0 atom stereocenters. The van der Waals surface area contributed by atoms with Crippen LogP contribution in [0.25, 0.3) is 22.0 Å². The summed E-state index contributed by atoms with van der Waals surface area (Å²) >= 11 is 0. The quantitative estimate of drug-likeness (QED) is 0.268. The number of fused-ring (bicyclic) bond motifs is 1. The van der Waals surface area contributed by atoms with E-state index in [4.69, 9.17) is 9.47 Å². The largest absolute Gasteiger partial charge is 0.444 e. The summed E-state index contributed by atoms with van der Waals surface area (Å²) in [5, 5.41) is 18.9. The first-order valence-electron chi connectivity index (χ1n) is 13.6. The van der Waals surface area contributed by atoms with Crippen molar-refractivity contribution in [1.29, 1.82) is 5.26 Å². The molecule has 0 saturated carbocycles. The van der Waals surface area contributed by atoms with Crippen LogP contribution in [0.5, 0.6) is 0 Å². The van der Waals surface area contributed by atoms with Crippen LogP contribution in [0, 0.1) is 11.3 Å². The molecule has 1 aliphatic rings. The highest BCUT2D eigenvalue weighted by molar-refractivity contribution is 6.76. The zero-order valence-corrected chi connectivity index (χ0v) is 25.0. The molecule has 0 aliphatic carbocycles. The van der Waals surface area contributed by atoms with Crippen LogP contribution in [0.2, 0.25) is 25.7 Å². The molecule has 2 aromatic heterocycles. The number of nitrogens with one attached hydrogen (secondary N) is 1. The van der Waals surface area contributed by atoms with E-state index in [1.165, 1.54) is 0 Å². The smallest absolute Gasteiger partial charge is 0.410 e. The predicted molar refractivity (Wildman–Crippen MR) is 156 cm³/mol. The topological polar surface area (TPSA) is 105 Å². The molecule has 208 valence electrons. The highest BCUT2D eigenvalue weighted by atomic mass is 28.3. The van der Waals surface area contributed by atoms with Crippen LogP contribution in [-0.2, 0) is 16.2 Å². The van der Waals surface area contributed by atoms with E-state index < -0.39 is 13.7 Å². The number of rotatable bonds is 8. The van der Waals surface area contributed by atoms with Gasteiger partial charge in [-0.05, 0) is 57.4 Å². The number of benzene rings is 1. The molecule has 1 amide bonds. The number of hydrogen-bond donors (Lipinski definition) is 1. The molecule has 1 saturated heterocycles. The normalized spacial score (nSPS) is 14.8. The van der Waals surface area contributed by atoms with Crippen LogP contribution < -0.4 is 5.32 Å². The van der Waals surface area contributed by atoms with E-state index in [2.05, 4.69) is 41.1 Å². The van der Waals surface area contributed by atoms with Crippen molar-refractivity contribution in [3.8, 4) is 17.2 Å². The number of aromatic nitrogens is 3. The molecule has 1 N–H and O–H groups in total. The summed E-state index contributed by atoms with van der Waals surface area (Å²) in [5.74, 6) is 0.707. The molecular formula is C29H40N6O3Si. The van der Waals surface area contributed by atoms with Crippen molar-refractivity contribution in [3.05, 3.63) is 42.2 Å². The third-order valence-corrected chi connectivity index (χ3v) is 8.41. The van der Waals surface area contributed by atoms with Crippen molar-refractivity contribution in [3.63, 3.8) is 0 Å². The summed E-state index contributed by atoms with van der Waals surface area (Å²) in [6, 6.07) is 11.5. The van der Waals surface area contributed by atoms with Gasteiger partial charge in [0.05, 0.1) is 17.3 Å². The zero-order valence-electron chi connectivity index (χ0n) is 24.0. The number of piperidine rings is 1. The maximum Gasteiger partial charge on any atom is 0.410 e. The average Bonchev–Trinajstić information content (AvgIpc) is 3.28. The van der Waals surface area contributed by atoms with E-state index in [0.29, 0.717) is 31.2 Å². The molecule has 4 rings (SSSR count). The number of pyridine rings is 1. The van der Waals surface area contributed by atoms with Gasteiger partial charge in [-0.2, -0.15) is 10.4 Å². The van der Waals surface area contributed by atoms with Gasteiger partial charge >= 0.3 is 6.09 Å². The molecule has 0 unspecified atom stereocenters. The fourth-order valence-corrected chi connectivity index (χ4v) is 5.32. The Labute approximate surface area is 232 Å². The van der Waals surface area contributed by atoms with Crippen molar-refractivity contribution in [2.45, 2.75) is 77.7 Å². The van der Waals surface area contributed by atoms with Crippen LogP contribution in [0.4, 0.5) is 10.6 Å². The standard InChI is InChI=1S/C29H40N6O3Si/c1-29(2,3)38-28(36)34-12-10-22(11-13-34)33-27-16-24(21(17-30)18-31-27)23-8-7-9-26-25(23)19-32-35(26)20-37-14-15-39(4,5)6/h7-9,16,18-19,22H,10-15,20H2,1-6H3,(H,31,33). The van der Waals surface area contributed by atoms with Crippen LogP contribution in [0.3, 0.4) is 0 Å². The number of anilines is 1. The fraction of sp³-hybridized carbons (Fsp3) is 0.517. The van der Waals surface area contributed by atoms with Gasteiger partial charge in [-0.3, -0.25) is 0 Å². The molecule has 0 bridgehead atoms. The van der Waals surface area contributed by atoms with Crippen molar-refractivity contribution in [2.75, 3.05) is 25.0 Å². The van der Waals surface area contributed by atoms with Gasteiger partial charge in [-0.1, -0.05) is 31.8 Å². The Morgan fingerprint density at radius 1 is 1.18 bits per heavy atom. The number of nitrogens with zero attached hydrogens (tertiary/aromatic N) is 5. The number of likely N-dealkylation sites (tertiary alicyclic amines) is 1. The number of nitriles is 1. The van der Waals surface area contributed by atoms with Gasteiger partial charge in [0.1, 0.15) is 24.2 Å². The lowest BCUT2D eigenvalue weighted by Gasteiger charge is -2.34. The van der Waals surface area contributed by atoms with E-state index >= 15 is 0 Å². The molecular weight excluding hydrogens is 508 g/mol. The van der Waals surface area contributed by atoms with Crippen LogP contribution >= 0.6 is 0 Å². The Bertz CT molecular complexity index is 1340. The third-order valence-electron chi connectivity index (χ3n) is 6.71. The Morgan fingerprint density at radius 3 is 2.59 bits per heavy atom. The minimum Gasteiger partial charge on any atom is -0.444 e. The number of carbonyl (C=O) groups is 1. The van der Waals surface area contributed by atoms with Crippen molar-refractivity contribution >= 4 is 30.9 Å². The Morgan fingerprint density at radius 2 is 1.92 bits per heavy atom. The minimum absolute atomic E-state index is 0.170. The van der Waals surface area contributed by atoms with E-state index in [1.54, 1.807) is 11.1 Å². The lowest BCUT2D eigenvalue weighted by atomic mass is 9.98. The van der Waals surface area contributed by atoms with Gasteiger partial charge in [-0.25, -0.2) is 14.5 Å². The summed E-state index contributed by atoms with van der Waals surface area (Å²) in [6.45, 7) is 15.0. The molecule has 3 heterocycles. The Balaban J connectivity index is 1.47. The number of carbonyl (C=O) groups excluding carboxylic acids is 1. The Hall–Kier alpha value is -3.42. The Kier molecular flexibility index (Phi) is 8.62. The van der Waals surface area contributed by atoms with Crippen molar-refractivity contribution in [2.24, 2.45) is 0 Å². The minimum atomic E-state index is -1.16. The molecule has 3 aromatic rings. The fourth-order valence-electron chi connectivity index (χ4n) is 4.56. The maximum atomic E-state index is 12.4. The highest BCUT2D eigenvalue weighted by Gasteiger charge is 2.27. The van der Waals surface area contributed by atoms with Gasteiger partial charge in [-0.15, -0.1) is 0 Å². The zero-order chi connectivity index (χ0) is 28.2. The average molecular weight is 549 g/mol. The molecule has 0 spiro atoms. The number of ether oxygens (including phenoxy) is 2. The summed E-state index contributed by atoms with van der Waals surface area (Å²) < 4.78 is 13.3. The molecule has 1 aliphatic heterocycles. The maximum absolute atomic E-state index is 12.4. The van der Waals surface area contributed by atoms with Gasteiger partial charge in [0.2, 0.25) is 0 Å². The molecule has 0 radical (unpaired) electrons. The third kappa shape index (κ3) is 7.58. The second-order valence-electron chi connectivity index (χ2n) is 12.3. The summed E-state index contributed by atoms with van der Waals surface area (Å²) in [7, 11) is -1.16. The number of amides is 1. The van der Waals surface area contributed by atoms with E-state index in [-0.39, 0.29) is 12.1 Å². The second-order valence-corrected chi connectivity index (χ2v) is 18.0. The van der Waals surface area contributed by atoms with Crippen LogP contribution in [-0.4, -0.2) is 65.2 Å². The van der Waals surface area contributed by atoms with E-state index in [1.807, 2.05) is 55.9 Å². The first kappa shape index (κ1) is 28.6. The summed E-state index contributed by atoms with van der Waals surface area (Å²) in [4.78, 5) is 18.7. The van der Waals surface area contributed by atoms with Gasteiger partial charge in [0, 0.05) is 51.0 Å². The van der Waals surface area contributed by atoms with Crippen LogP contribution in [0.15, 0.2) is 36.7 Å². The highest BCUT2D eigenvalue weighted by Crippen LogP contribution is 2.32. The lowest BCUT2D eigenvalue weighted by molar-refractivity contribution is 0.0210. The van der Waals surface area contributed by atoms with E-state index in [9.17, 15) is 10.1 Å². The molecule has 1 aromatic carbocycles. The van der Waals surface area contributed by atoms with Crippen molar-refractivity contribution in [1.82, 2.24) is 19.7 Å². The molecule has 1 fully saturated rings. The molecule has 10 heteroatoms. The van der Waals surface area contributed by atoms with Crippen molar-refractivity contribution < 1.29 is 14.3 Å². The van der Waals surface area contributed by atoms with Gasteiger partial charge in [0.25, 0.3) is 0 Å². The van der Waals surface area contributed by atoms with E-state index in [0.717, 1.165) is 47.5 Å². The molecule has 39 heavy (non-hydrogen) atoms. The van der Waals surface area contributed by atoms with Gasteiger partial charge < -0.3 is 19.7 Å². The predicted octanol–water partition coefficient (Wildman–Crippen LogP) is 6.09. The lowest BCUT2D eigenvalue weighted by Crippen LogP contribution is -2.44. The van der Waals surface area contributed by atoms with Gasteiger partial charge in [0.15, 0.2) is 0 Å². The first-order chi connectivity index (χ1) is 18.4. The summed E-state index contributed by atoms with van der Waals surface area (Å²) in [6.07, 6.45) is 4.77. The summed E-state index contributed by atoms with van der Waals surface area (Å²) in [5.41, 5.74) is 2.71. The van der Waals surface area contributed by atoms with Crippen LogP contribution in [0.1, 0.15) is 39.2 Å². The second kappa shape index (κ2) is 11.8.